The predicted molar refractivity (Wildman–Crippen MR) is 60.5 cm³/mol. The van der Waals surface area contributed by atoms with Gasteiger partial charge in [0.15, 0.2) is 11.5 Å². The highest BCUT2D eigenvalue weighted by molar-refractivity contribution is 5.75. The minimum atomic E-state index is -0.615. The molecule has 18 heavy (non-hydrogen) atoms. The zero-order valence-electron chi connectivity index (χ0n) is 9.47. The normalized spacial score (nSPS) is 23.9. The molecular formula is C11H12FN3O3. The number of H-pyrrole nitrogens is 1. The SMILES string of the molecule is O=c1[nH]cnc2c1c(F)cn2[C@H]1CC[C@@H](CO)O1. The Morgan fingerprint density at radius 1 is 1.61 bits per heavy atom. The number of halogens is 1. The van der Waals surface area contributed by atoms with Crippen LogP contribution in [-0.4, -0.2) is 32.4 Å². The summed E-state index contributed by atoms with van der Waals surface area (Å²) in [5, 5.41) is 8.95. The molecule has 0 saturated carbocycles. The Morgan fingerprint density at radius 3 is 3.17 bits per heavy atom. The number of nitrogens with zero attached hydrogens (tertiary/aromatic N) is 2. The molecule has 3 heterocycles. The maximum atomic E-state index is 13.7. The van der Waals surface area contributed by atoms with Crippen LogP contribution in [0.3, 0.4) is 0 Å². The van der Waals surface area contributed by atoms with Crippen molar-refractivity contribution in [3.63, 3.8) is 0 Å². The monoisotopic (exact) mass is 253 g/mol. The molecule has 6 nitrogen and oxygen atoms in total. The average molecular weight is 253 g/mol. The fourth-order valence-corrected chi connectivity index (χ4v) is 2.29. The Bertz CT molecular complexity index is 636. The molecule has 0 radical (unpaired) electrons. The summed E-state index contributed by atoms with van der Waals surface area (Å²) in [6, 6.07) is 0. The number of rotatable bonds is 2. The van der Waals surface area contributed by atoms with Crippen molar-refractivity contribution in [1.82, 2.24) is 14.5 Å². The maximum Gasteiger partial charge on any atom is 0.263 e. The number of ether oxygens (including phenoxy) is 1. The molecular weight excluding hydrogens is 241 g/mol. The average Bonchev–Trinajstić information content (AvgIpc) is 2.94. The van der Waals surface area contributed by atoms with Crippen molar-refractivity contribution >= 4 is 11.0 Å². The quantitative estimate of drug-likeness (QED) is 0.818. The molecule has 2 N–H and O–H groups in total. The molecule has 1 saturated heterocycles. The van der Waals surface area contributed by atoms with Gasteiger partial charge < -0.3 is 19.4 Å². The number of aromatic amines is 1. The Morgan fingerprint density at radius 2 is 2.44 bits per heavy atom. The van der Waals surface area contributed by atoms with Crippen molar-refractivity contribution in [2.45, 2.75) is 25.2 Å². The lowest BCUT2D eigenvalue weighted by atomic mass is 10.2. The standard InChI is InChI=1S/C11H12FN3O3/c12-7-3-15(8-2-1-6(4-16)18-8)10-9(7)11(17)14-5-13-10/h3,5-6,8,16H,1-2,4H2,(H,13,14,17)/t6-,8+/m0/s1. The third kappa shape index (κ3) is 1.63. The Hall–Kier alpha value is -1.73. The second-order valence-electron chi connectivity index (χ2n) is 4.29. The summed E-state index contributed by atoms with van der Waals surface area (Å²) >= 11 is 0. The minimum absolute atomic E-state index is 0.0615. The van der Waals surface area contributed by atoms with Crippen molar-refractivity contribution in [2.75, 3.05) is 6.61 Å². The molecule has 1 aliphatic rings. The molecule has 0 amide bonds. The van der Waals surface area contributed by atoms with Crippen LogP contribution >= 0.6 is 0 Å². The Kier molecular flexibility index (Phi) is 2.64. The molecule has 1 fully saturated rings. The molecule has 0 bridgehead atoms. The number of aliphatic hydroxyl groups excluding tert-OH is 1. The van der Waals surface area contributed by atoms with E-state index in [2.05, 4.69) is 9.97 Å². The van der Waals surface area contributed by atoms with Gasteiger partial charge in [0.25, 0.3) is 5.56 Å². The van der Waals surface area contributed by atoms with Crippen molar-refractivity contribution in [3.05, 3.63) is 28.7 Å². The molecule has 3 rings (SSSR count). The predicted octanol–water partition coefficient (Wildman–Crippen LogP) is 0.534. The third-order valence-corrected chi connectivity index (χ3v) is 3.17. The highest BCUT2D eigenvalue weighted by atomic mass is 19.1. The highest BCUT2D eigenvalue weighted by Gasteiger charge is 2.28. The van der Waals surface area contributed by atoms with Crippen molar-refractivity contribution < 1.29 is 14.2 Å². The molecule has 0 unspecified atom stereocenters. The van der Waals surface area contributed by atoms with E-state index in [1.54, 1.807) is 0 Å². The van der Waals surface area contributed by atoms with E-state index < -0.39 is 11.4 Å². The lowest BCUT2D eigenvalue weighted by molar-refractivity contribution is -0.0206. The highest BCUT2D eigenvalue weighted by Crippen LogP contribution is 2.30. The van der Waals surface area contributed by atoms with E-state index in [9.17, 15) is 9.18 Å². The molecule has 0 spiro atoms. The molecule has 7 heteroatoms. The van der Waals surface area contributed by atoms with Gasteiger partial charge in [0.2, 0.25) is 0 Å². The maximum absolute atomic E-state index is 13.7. The van der Waals surface area contributed by atoms with Gasteiger partial charge in [0, 0.05) is 6.20 Å². The van der Waals surface area contributed by atoms with Gasteiger partial charge in [-0.25, -0.2) is 9.37 Å². The third-order valence-electron chi connectivity index (χ3n) is 3.17. The first kappa shape index (κ1) is 11.4. The summed E-state index contributed by atoms with van der Waals surface area (Å²) in [4.78, 5) is 17.8. The van der Waals surface area contributed by atoms with E-state index in [-0.39, 0.29) is 30.0 Å². The first-order valence-electron chi connectivity index (χ1n) is 5.70. The Balaban J connectivity index is 2.08. The van der Waals surface area contributed by atoms with Crippen LogP contribution < -0.4 is 5.56 Å². The zero-order valence-corrected chi connectivity index (χ0v) is 9.47. The van der Waals surface area contributed by atoms with Gasteiger partial charge in [-0.3, -0.25) is 4.79 Å². The second-order valence-corrected chi connectivity index (χ2v) is 4.29. The Labute approximate surface area is 101 Å². The van der Waals surface area contributed by atoms with Crippen LogP contribution in [0.2, 0.25) is 0 Å². The minimum Gasteiger partial charge on any atom is -0.394 e. The van der Waals surface area contributed by atoms with Gasteiger partial charge in [0.1, 0.15) is 11.6 Å². The van der Waals surface area contributed by atoms with Crippen LogP contribution in [0.15, 0.2) is 17.3 Å². The molecule has 96 valence electrons. The van der Waals surface area contributed by atoms with Gasteiger partial charge in [-0.1, -0.05) is 0 Å². The molecule has 0 aromatic carbocycles. The smallest absolute Gasteiger partial charge is 0.263 e. The first-order valence-corrected chi connectivity index (χ1v) is 5.70. The van der Waals surface area contributed by atoms with Crippen molar-refractivity contribution in [2.24, 2.45) is 0 Å². The summed E-state index contributed by atoms with van der Waals surface area (Å²) in [6.45, 7) is -0.0633. The summed E-state index contributed by atoms with van der Waals surface area (Å²) in [6.07, 6.45) is 3.19. The first-order chi connectivity index (χ1) is 8.70. The summed E-state index contributed by atoms with van der Waals surface area (Å²) < 4.78 is 20.8. The van der Waals surface area contributed by atoms with Crippen LogP contribution in [-0.2, 0) is 4.74 Å². The van der Waals surface area contributed by atoms with Crippen LogP contribution in [0.1, 0.15) is 19.1 Å². The van der Waals surface area contributed by atoms with Crippen LogP contribution in [0.25, 0.3) is 11.0 Å². The lowest BCUT2D eigenvalue weighted by Crippen LogP contribution is -2.14. The summed E-state index contributed by atoms with van der Waals surface area (Å²) in [7, 11) is 0. The van der Waals surface area contributed by atoms with Gasteiger partial charge >= 0.3 is 0 Å². The number of hydrogen-bond acceptors (Lipinski definition) is 4. The molecule has 0 aliphatic carbocycles. The second kappa shape index (κ2) is 4.18. The van der Waals surface area contributed by atoms with E-state index in [0.29, 0.717) is 12.8 Å². The van der Waals surface area contributed by atoms with Crippen LogP contribution in [0.4, 0.5) is 4.39 Å². The van der Waals surface area contributed by atoms with Gasteiger partial charge in [-0.2, -0.15) is 0 Å². The number of fused-ring (bicyclic) bond motifs is 1. The number of aliphatic hydroxyl groups is 1. The molecule has 1 aliphatic heterocycles. The summed E-state index contributed by atoms with van der Waals surface area (Å²) in [5.41, 5.74) is -0.243. The molecule has 2 aromatic heterocycles. The van der Waals surface area contributed by atoms with E-state index in [1.165, 1.54) is 17.1 Å². The fourth-order valence-electron chi connectivity index (χ4n) is 2.29. The number of nitrogens with one attached hydrogen (secondary N) is 1. The lowest BCUT2D eigenvalue weighted by Gasteiger charge is -2.14. The largest absolute Gasteiger partial charge is 0.394 e. The van der Waals surface area contributed by atoms with Crippen LogP contribution in [0.5, 0.6) is 0 Å². The number of hydrogen-bond donors (Lipinski definition) is 2. The van der Waals surface area contributed by atoms with E-state index in [0.717, 1.165) is 0 Å². The molecule has 2 aromatic rings. The van der Waals surface area contributed by atoms with Crippen molar-refractivity contribution in [3.8, 4) is 0 Å². The van der Waals surface area contributed by atoms with Gasteiger partial charge in [-0.15, -0.1) is 0 Å². The summed E-state index contributed by atoms with van der Waals surface area (Å²) in [5.74, 6) is -0.615. The van der Waals surface area contributed by atoms with Crippen molar-refractivity contribution in [1.29, 1.82) is 0 Å². The molecule has 2 atom stereocenters. The zero-order chi connectivity index (χ0) is 12.7. The van der Waals surface area contributed by atoms with E-state index in [4.69, 9.17) is 9.84 Å². The van der Waals surface area contributed by atoms with Gasteiger partial charge in [-0.05, 0) is 12.8 Å². The fraction of sp³-hybridized carbons (Fsp3) is 0.455. The van der Waals surface area contributed by atoms with E-state index in [1.807, 2.05) is 0 Å². The van der Waals surface area contributed by atoms with Gasteiger partial charge in [0.05, 0.1) is 19.0 Å². The number of aromatic nitrogens is 3. The topological polar surface area (TPSA) is 80.1 Å². The van der Waals surface area contributed by atoms with Crippen LogP contribution in [0, 0.1) is 5.82 Å². The van der Waals surface area contributed by atoms with E-state index >= 15 is 0 Å².